The van der Waals surface area contributed by atoms with Crippen LogP contribution in [0.25, 0.3) is 0 Å². The number of hydrogen-bond acceptors (Lipinski definition) is 3. The Labute approximate surface area is 160 Å². The molecule has 27 heavy (non-hydrogen) atoms. The van der Waals surface area contributed by atoms with Crippen LogP contribution >= 0.6 is 0 Å². The van der Waals surface area contributed by atoms with Gasteiger partial charge in [0.25, 0.3) is 5.91 Å². The van der Waals surface area contributed by atoms with E-state index in [1.165, 1.54) is 36.4 Å². The standard InChI is InChI=1S/C20H25FN2O3S/c1-15(2)11-13-22-20(24)17-5-9-19(10-6-17)27(25,26)23-14-12-16-3-7-18(21)8-4-16/h3-10,15,23H,11-14H2,1-2H3,(H,22,24). The Kier molecular flexibility index (Phi) is 7.50. The molecule has 7 heteroatoms. The summed E-state index contributed by atoms with van der Waals surface area (Å²) >= 11 is 0. The molecule has 0 radical (unpaired) electrons. The first-order valence-corrected chi connectivity index (χ1v) is 10.4. The van der Waals surface area contributed by atoms with E-state index in [0.29, 0.717) is 24.4 Å². The number of rotatable bonds is 9. The highest BCUT2D eigenvalue weighted by Gasteiger charge is 2.14. The van der Waals surface area contributed by atoms with Crippen molar-refractivity contribution in [3.63, 3.8) is 0 Å². The molecule has 0 heterocycles. The van der Waals surface area contributed by atoms with Crippen LogP contribution < -0.4 is 10.0 Å². The summed E-state index contributed by atoms with van der Waals surface area (Å²) in [5, 5.41) is 2.81. The molecule has 1 amide bonds. The molecule has 2 aromatic rings. The molecule has 0 aliphatic heterocycles. The molecule has 0 aromatic heterocycles. The Morgan fingerprint density at radius 3 is 2.22 bits per heavy atom. The van der Waals surface area contributed by atoms with Crippen molar-refractivity contribution < 1.29 is 17.6 Å². The molecular weight excluding hydrogens is 367 g/mol. The lowest BCUT2D eigenvalue weighted by molar-refractivity contribution is 0.0952. The molecular formula is C20H25FN2O3S. The lowest BCUT2D eigenvalue weighted by atomic mass is 10.1. The Hall–Kier alpha value is -2.25. The van der Waals surface area contributed by atoms with Crippen LogP contribution in [0.5, 0.6) is 0 Å². The summed E-state index contributed by atoms with van der Waals surface area (Å²) in [7, 11) is -3.67. The van der Waals surface area contributed by atoms with E-state index in [1.807, 2.05) is 0 Å². The highest BCUT2D eigenvalue weighted by molar-refractivity contribution is 7.89. The smallest absolute Gasteiger partial charge is 0.251 e. The zero-order chi connectivity index (χ0) is 19.9. The van der Waals surface area contributed by atoms with E-state index in [9.17, 15) is 17.6 Å². The Balaban J connectivity index is 1.90. The first-order chi connectivity index (χ1) is 12.8. The van der Waals surface area contributed by atoms with Gasteiger partial charge in [0.2, 0.25) is 10.0 Å². The number of hydrogen-bond donors (Lipinski definition) is 2. The molecule has 0 bridgehead atoms. The second-order valence-corrected chi connectivity index (χ2v) is 8.50. The van der Waals surface area contributed by atoms with E-state index in [4.69, 9.17) is 0 Å². The van der Waals surface area contributed by atoms with Crippen molar-refractivity contribution >= 4 is 15.9 Å². The minimum Gasteiger partial charge on any atom is -0.352 e. The highest BCUT2D eigenvalue weighted by Crippen LogP contribution is 2.11. The number of nitrogens with one attached hydrogen (secondary N) is 2. The van der Waals surface area contributed by atoms with Gasteiger partial charge >= 0.3 is 0 Å². The highest BCUT2D eigenvalue weighted by atomic mass is 32.2. The van der Waals surface area contributed by atoms with Crippen LogP contribution in [-0.2, 0) is 16.4 Å². The van der Waals surface area contributed by atoms with Crippen molar-refractivity contribution in [2.24, 2.45) is 5.92 Å². The summed E-state index contributed by atoms with van der Waals surface area (Å²) in [4.78, 5) is 12.1. The van der Waals surface area contributed by atoms with Crippen LogP contribution in [0, 0.1) is 11.7 Å². The second kappa shape index (κ2) is 9.62. The number of halogens is 1. The lowest BCUT2D eigenvalue weighted by Crippen LogP contribution is -2.27. The summed E-state index contributed by atoms with van der Waals surface area (Å²) in [6, 6.07) is 11.8. The van der Waals surface area contributed by atoms with Gasteiger partial charge in [0.15, 0.2) is 0 Å². The molecule has 5 nitrogen and oxygen atoms in total. The van der Waals surface area contributed by atoms with Crippen LogP contribution in [0.4, 0.5) is 4.39 Å². The van der Waals surface area contributed by atoms with E-state index >= 15 is 0 Å². The maximum Gasteiger partial charge on any atom is 0.251 e. The quantitative estimate of drug-likeness (QED) is 0.688. The molecule has 2 aromatic carbocycles. The molecule has 0 aliphatic carbocycles. The number of carbonyl (C=O) groups excluding carboxylic acids is 1. The van der Waals surface area contributed by atoms with E-state index in [0.717, 1.165) is 12.0 Å². The molecule has 146 valence electrons. The second-order valence-electron chi connectivity index (χ2n) is 6.74. The van der Waals surface area contributed by atoms with Gasteiger partial charge in [-0.2, -0.15) is 0 Å². The minimum atomic E-state index is -3.67. The van der Waals surface area contributed by atoms with Crippen LogP contribution in [0.3, 0.4) is 0 Å². The van der Waals surface area contributed by atoms with Gasteiger partial charge in [0, 0.05) is 18.7 Å². The van der Waals surface area contributed by atoms with Crippen LogP contribution in [-0.4, -0.2) is 27.4 Å². The van der Waals surface area contributed by atoms with Gasteiger partial charge in [0.05, 0.1) is 4.90 Å². The average Bonchev–Trinajstić information content (AvgIpc) is 2.63. The van der Waals surface area contributed by atoms with Gasteiger partial charge in [-0.1, -0.05) is 26.0 Å². The number of amides is 1. The molecule has 0 atom stereocenters. The summed E-state index contributed by atoms with van der Waals surface area (Å²) in [5.41, 5.74) is 1.26. The van der Waals surface area contributed by atoms with Crippen molar-refractivity contribution in [3.8, 4) is 0 Å². The maximum atomic E-state index is 12.9. The van der Waals surface area contributed by atoms with Crippen LogP contribution in [0.15, 0.2) is 53.4 Å². The van der Waals surface area contributed by atoms with E-state index in [2.05, 4.69) is 23.9 Å². The van der Waals surface area contributed by atoms with Crippen LogP contribution in [0.2, 0.25) is 0 Å². The van der Waals surface area contributed by atoms with Gasteiger partial charge in [0.1, 0.15) is 5.82 Å². The summed E-state index contributed by atoms with van der Waals surface area (Å²) < 4.78 is 40.1. The van der Waals surface area contributed by atoms with E-state index < -0.39 is 10.0 Å². The lowest BCUT2D eigenvalue weighted by Gasteiger charge is -2.09. The van der Waals surface area contributed by atoms with Crippen molar-refractivity contribution in [1.82, 2.24) is 10.0 Å². The van der Waals surface area contributed by atoms with Gasteiger partial charge < -0.3 is 5.32 Å². The number of benzene rings is 2. The Morgan fingerprint density at radius 1 is 1.00 bits per heavy atom. The van der Waals surface area contributed by atoms with Gasteiger partial charge in [-0.25, -0.2) is 17.5 Å². The summed E-state index contributed by atoms with van der Waals surface area (Å²) in [5.74, 6) is -0.0460. The molecule has 0 unspecified atom stereocenters. The minimum absolute atomic E-state index is 0.0975. The fourth-order valence-corrected chi connectivity index (χ4v) is 3.46. The maximum absolute atomic E-state index is 12.9. The Morgan fingerprint density at radius 2 is 1.63 bits per heavy atom. The summed E-state index contributed by atoms with van der Waals surface area (Å²) in [6.45, 7) is 4.94. The normalized spacial score (nSPS) is 11.6. The van der Waals surface area contributed by atoms with Gasteiger partial charge in [-0.05, 0) is 60.7 Å². The van der Waals surface area contributed by atoms with E-state index in [1.54, 1.807) is 12.1 Å². The van der Waals surface area contributed by atoms with Crippen molar-refractivity contribution in [1.29, 1.82) is 0 Å². The zero-order valence-corrected chi connectivity index (χ0v) is 16.4. The average molecular weight is 392 g/mol. The third-order valence-corrected chi connectivity index (χ3v) is 5.53. The number of sulfonamides is 1. The predicted octanol–water partition coefficient (Wildman–Crippen LogP) is 3.12. The third kappa shape index (κ3) is 6.77. The van der Waals surface area contributed by atoms with Crippen molar-refractivity contribution in [2.75, 3.05) is 13.1 Å². The van der Waals surface area contributed by atoms with E-state index in [-0.39, 0.29) is 23.2 Å². The fourth-order valence-electron chi connectivity index (χ4n) is 2.43. The fraction of sp³-hybridized carbons (Fsp3) is 0.350. The SMILES string of the molecule is CC(C)CCNC(=O)c1ccc(S(=O)(=O)NCCc2ccc(F)cc2)cc1. The molecule has 2 N–H and O–H groups in total. The molecule has 0 saturated carbocycles. The molecule has 2 rings (SSSR count). The Bertz CT molecular complexity index is 848. The van der Waals surface area contributed by atoms with Gasteiger partial charge in [-0.3, -0.25) is 4.79 Å². The van der Waals surface area contributed by atoms with Crippen LogP contribution in [0.1, 0.15) is 36.2 Å². The first-order valence-electron chi connectivity index (χ1n) is 8.90. The zero-order valence-electron chi connectivity index (χ0n) is 15.5. The largest absolute Gasteiger partial charge is 0.352 e. The number of carbonyl (C=O) groups is 1. The predicted molar refractivity (Wildman–Crippen MR) is 104 cm³/mol. The topological polar surface area (TPSA) is 75.3 Å². The monoisotopic (exact) mass is 392 g/mol. The molecule has 0 fully saturated rings. The van der Waals surface area contributed by atoms with Crippen molar-refractivity contribution in [3.05, 3.63) is 65.5 Å². The van der Waals surface area contributed by atoms with Crippen molar-refractivity contribution in [2.45, 2.75) is 31.6 Å². The third-order valence-electron chi connectivity index (χ3n) is 4.05. The summed E-state index contributed by atoms with van der Waals surface area (Å²) in [6.07, 6.45) is 1.34. The molecule has 0 aliphatic rings. The molecule has 0 saturated heterocycles. The van der Waals surface area contributed by atoms with Gasteiger partial charge in [-0.15, -0.1) is 0 Å². The first kappa shape index (κ1) is 21.1. The molecule has 0 spiro atoms.